The molecule has 18 heavy (non-hydrogen) atoms. The molecule has 4 heteroatoms. The van der Waals surface area contributed by atoms with E-state index in [2.05, 4.69) is 34.0 Å². The van der Waals surface area contributed by atoms with E-state index in [1.54, 1.807) is 0 Å². The fourth-order valence-electron chi connectivity index (χ4n) is 2.05. The molecule has 1 N–H and O–H groups in total. The Bertz CT molecular complexity index is 617. The van der Waals surface area contributed by atoms with Gasteiger partial charge in [-0.2, -0.15) is 9.55 Å². The van der Waals surface area contributed by atoms with Gasteiger partial charge in [0, 0.05) is 0 Å². The SMILES string of the molecule is CCCC[n+]1ccn(-c2nc3ccccc3[nH]2)c1. The van der Waals surface area contributed by atoms with Gasteiger partial charge in [-0.3, -0.25) is 0 Å². The lowest BCUT2D eigenvalue weighted by atomic mass is 10.3. The van der Waals surface area contributed by atoms with Gasteiger partial charge in [-0.1, -0.05) is 25.5 Å². The molecule has 0 bridgehead atoms. The second kappa shape index (κ2) is 4.64. The molecule has 0 amide bonds. The maximum absolute atomic E-state index is 4.57. The maximum Gasteiger partial charge on any atom is 0.304 e. The summed E-state index contributed by atoms with van der Waals surface area (Å²) >= 11 is 0. The van der Waals surface area contributed by atoms with Gasteiger partial charge in [0.15, 0.2) is 0 Å². The van der Waals surface area contributed by atoms with Crippen LogP contribution in [0.4, 0.5) is 0 Å². The molecule has 0 aliphatic rings. The third kappa shape index (κ3) is 2.01. The van der Waals surface area contributed by atoms with Gasteiger partial charge >= 0.3 is 5.95 Å². The van der Waals surface area contributed by atoms with Crippen molar-refractivity contribution in [3.05, 3.63) is 43.0 Å². The zero-order valence-electron chi connectivity index (χ0n) is 10.5. The second-order valence-corrected chi connectivity index (χ2v) is 4.49. The average molecular weight is 241 g/mol. The number of hydrogen-bond acceptors (Lipinski definition) is 1. The lowest BCUT2D eigenvalue weighted by Crippen LogP contribution is -2.30. The standard InChI is InChI=1S/C14H17N4/c1-2-3-8-17-9-10-18(11-17)14-15-12-6-4-5-7-13(12)16-14/h4-7,9-11H,2-3,8H2,1H3,(H,15,16)/q+1. The lowest BCUT2D eigenvalue weighted by molar-refractivity contribution is -0.696. The van der Waals surface area contributed by atoms with E-state index in [0.29, 0.717) is 0 Å². The summed E-state index contributed by atoms with van der Waals surface area (Å²) < 4.78 is 4.21. The quantitative estimate of drug-likeness (QED) is 0.700. The van der Waals surface area contributed by atoms with Crippen LogP contribution in [-0.2, 0) is 6.54 Å². The van der Waals surface area contributed by atoms with Crippen LogP contribution in [0.3, 0.4) is 0 Å². The van der Waals surface area contributed by atoms with E-state index in [4.69, 9.17) is 0 Å². The molecule has 4 nitrogen and oxygen atoms in total. The first-order chi connectivity index (χ1) is 8.86. The highest BCUT2D eigenvalue weighted by Crippen LogP contribution is 2.12. The van der Waals surface area contributed by atoms with E-state index in [-0.39, 0.29) is 0 Å². The van der Waals surface area contributed by atoms with Crippen LogP contribution < -0.4 is 4.57 Å². The summed E-state index contributed by atoms with van der Waals surface area (Å²) in [6.45, 7) is 3.26. The Kier molecular flexibility index (Phi) is 2.84. The highest BCUT2D eigenvalue weighted by atomic mass is 15.2. The number of nitrogens with one attached hydrogen (secondary N) is 1. The Labute approximate surface area is 106 Å². The van der Waals surface area contributed by atoms with Crippen molar-refractivity contribution in [3.8, 4) is 5.95 Å². The third-order valence-electron chi connectivity index (χ3n) is 3.08. The summed E-state index contributed by atoms with van der Waals surface area (Å²) in [6.07, 6.45) is 8.61. The van der Waals surface area contributed by atoms with Crippen LogP contribution in [0.2, 0.25) is 0 Å². The largest absolute Gasteiger partial charge is 0.304 e. The number of fused-ring (bicyclic) bond motifs is 1. The van der Waals surface area contributed by atoms with Gasteiger partial charge in [-0.05, 0) is 18.6 Å². The average Bonchev–Trinajstić information content (AvgIpc) is 3.02. The van der Waals surface area contributed by atoms with Crippen LogP contribution in [0, 0.1) is 0 Å². The summed E-state index contributed by atoms with van der Waals surface area (Å²) in [5.74, 6) is 0.867. The van der Waals surface area contributed by atoms with Gasteiger partial charge in [0.2, 0.25) is 0 Å². The Hall–Kier alpha value is -2.10. The monoisotopic (exact) mass is 241 g/mol. The maximum atomic E-state index is 4.57. The zero-order chi connectivity index (χ0) is 12.4. The first kappa shape index (κ1) is 11.0. The van der Waals surface area contributed by atoms with Crippen LogP contribution >= 0.6 is 0 Å². The predicted octanol–water partition coefficient (Wildman–Crippen LogP) is 2.44. The number of H-pyrrole nitrogens is 1. The number of unbranched alkanes of at least 4 members (excludes halogenated alkanes) is 1. The highest BCUT2D eigenvalue weighted by Gasteiger charge is 2.10. The molecule has 0 aliphatic carbocycles. The minimum Gasteiger partial charge on any atom is -0.303 e. The number of nitrogens with zero attached hydrogens (tertiary/aromatic N) is 3. The van der Waals surface area contributed by atoms with Gasteiger partial charge in [0.25, 0.3) is 6.33 Å². The molecule has 0 atom stereocenters. The van der Waals surface area contributed by atoms with Gasteiger partial charge < -0.3 is 4.98 Å². The molecule has 0 spiro atoms. The van der Waals surface area contributed by atoms with E-state index < -0.39 is 0 Å². The van der Waals surface area contributed by atoms with Gasteiger partial charge in [0.1, 0.15) is 12.4 Å². The normalized spacial score (nSPS) is 11.2. The van der Waals surface area contributed by atoms with Crippen molar-refractivity contribution >= 4 is 11.0 Å². The lowest BCUT2D eigenvalue weighted by Gasteiger charge is -1.91. The summed E-state index contributed by atoms with van der Waals surface area (Å²) in [6, 6.07) is 8.08. The first-order valence-electron chi connectivity index (χ1n) is 6.39. The minimum absolute atomic E-state index is 0.867. The third-order valence-corrected chi connectivity index (χ3v) is 3.08. The summed E-state index contributed by atoms with van der Waals surface area (Å²) in [5.41, 5.74) is 2.07. The summed E-state index contributed by atoms with van der Waals surface area (Å²) in [5, 5.41) is 0. The fraction of sp³-hybridized carbons (Fsp3) is 0.286. The van der Waals surface area contributed by atoms with E-state index in [1.807, 2.05) is 35.0 Å². The van der Waals surface area contributed by atoms with Crippen LogP contribution in [0.5, 0.6) is 0 Å². The van der Waals surface area contributed by atoms with Gasteiger partial charge in [-0.15, -0.1) is 0 Å². The molecule has 0 fully saturated rings. The smallest absolute Gasteiger partial charge is 0.303 e. The molecular formula is C14H17N4+. The molecule has 0 saturated heterocycles. The molecule has 1 aromatic carbocycles. The molecule has 2 aromatic heterocycles. The Morgan fingerprint density at radius 2 is 2.22 bits per heavy atom. The topological polar surface area (TPSA) is 37.5 Å². The molecule has 0 unspecified atom stereocenters. The van der Waals surface area contributed by atoms with Crippen LogP contribution in [0.15, 0.2) is 43.0 Å². The van der Waals surface area contributed by atoms with Crippen molar-refractivity contribution in [3.63, 3.8) is 0 Å². The van der Waals surface area contributed by atoms with E-state index in [9.17, 15) is 0 Å². The molecule has 3 rings (SSSR count). The molecule has 2 heterocycles. The summed E-state index contributed by atoms with van der Waals surface area (Å²) in [4.78, 5) is 7.89. The molecule has 92 valence electrons. The summed E-state index contributed by atoms with van der Waals surface area (Å²) in [7, 11) is 0. The number of aromatic amines is 1. The van der Waals surface area contributed by atoms with Gasteiger partial charge in [-0.25, -0.2) is 4.57 Å². The zero-order valence-corrected chi connectivity index (χ0v) is 10.5. The Morgan fingerprint density at radius 1 is 1.33 bits per heavy atom. The molecule has 0 saturated carbocycles. The number of aryl methyl sites for hydroxylation is 1. The van der Waals surface area contributed by atoms with Crippen molar-refractivity contribution in [2.75, 3.05) is 0 Å². The number of hydrogen-bond donors (Lipinski definition) is 1. The number of rotatable bonds is 4. The van der Waals surface area contributed by atoms with E-state index >= 15 is 0 Å². The van der Waals surface area contributed by atoms with Crippen LogP contribution in [0.1, 0.15) is 19.8 Å². The number of para-hydroxylation sites is 2. The molecule has 3 aromatic rings. The van der Waals surface area contributed by atoms with Crippen LogP contribution in [0.25, 0.3) is 17.0 Å². The van der Waals surface area contributed by atoms with E-state index in [1.165, 1.54) is 12.8 Å². The molecular weight excluding hydrogens is 224 g/mol. The van der Waals surface area contributed by atoms with Crippen molar-refractivity contribution in [2.45, 2.75) is 26.3 Å². The minimum atomic E-state index is 0.867. The number of imidazole rings is 2. The van der Waals surface area contributed by atoms with Gasteiger partial charge in [0.05, 0.1) is 17.6 Å². The fourth-order valence-corrected chi connectivity index (χ4v) is 2.05. The highest BCUT2D eigenvalue weighted by molar-refractivity contribution is 5.75. The van der Waals surface area contributed by atoms with Crippen molar-refractivity contribution in [1.29, 1.82) is 0 Å². The molecule has 0 radical (unpaired) electrons. The van der Waals surface area contributed by atoms with Crippen molar-refractivity contribution < 1.29 is 4.57 Å². The predicted molar refractivity (Wildman–Crippen MR) is 70.5 cm³/mol. The number of aromatic nitrogens is 4. The Morgan fingerprint density at radius 3 is 3.06 bits per heavy atom. The van der Waals surface area contributed by atoms with Crippen molar-refractivity contribution in [2.24, 2.45) is 0 Å². The number of benzene rings is 1. The Balaban J connectivity index is 1.91. The first-order valence-corrected chi connectivity index (χ1v) is 6.39. The molecule has 0 aliphatic heterocycles. The van der Waals surface area contributed by atoms with Crippen molar-refractivity contribution in [1.82, 2.24) is 14.5 Å². The van der Waals surface area contributed by atoms with Crippen LogP contribution in [-0.4, -0.2) is 14.5 Å². The second-order valence-electron chi connectivity index (χ2n) is 4.49. The van der Waals surface area contributed by atoms with E-state index in [0.717, 1.165) is 23.5 Å².